The van der Waals surface area contributed by atoms with Crippen LogP contribution in [0.5, 0.6) is 5.75 Å². The molecule has 2 aromatic rings. The van der Waals surface area contributed by atoms with Gasteiger partial charge in [0.1, 0.15) is 11.8 Å². The molecule has 1 unspecified atom stereocenters. The third-order valence-electron chi connectivity index (χ3n) is 7.22. The third kappa shape index (κ3) is 5.81. The van der Waals surface area contributed by atoms with Gasteiger partial charge < -0.3 is 20.2 Å². The van der Waals surface area contributed by atoms with Crippen LogP contribution in [0.15, 0.2) is 24.3 Å². The number of aromatic hydroxyl groups is 1. The molecule has 1 atom stereocenters. The van der Waals surface area contributed by atoms with Crippen LogP contribution in [0, 0.1) is 26.2 Å². The minimum absolute atomic E-state index is 0. The number of nitrogens with zero attached hydrogens (tertiary/aromatic N) is 2. The highest BCUT2D eigenvalue weighted by molar-refractivity contribution is 5.99. The predicted molar refractivity (Wildman–Crippen MR) is 144 cm³/mol. The number of fused-ring (bicyclic) bond motifs is 1. The molecule has 0 aromatic heterocycles. The summed E-state index contributed by atoms with van der Waals surface area (Å²) in [5.74, 6) is 0.0118. The molecule has 2 amide bonds. The summed E-state index contributed by atoms with van der Waals surface area (Å²) in [4.78, 5) is 31.3. The molecule has 1 aliphatic heterocycles. The van der Waals surface area contributed by atoms with E-state index < -0.39 is 11.5 Å². The van der Waals surface area contributed by atoms with Crippen molar-refractivity contribution in [3.8, 4) is 5.75 Å². The third-order valence-corrected chi connectivity index (χ3v) is 7.22. The number of benzene rings is 2. The summed E-state index contributed by atoms with van der Waals surface area (Å²) in [5.41, 5.74) is 5.49. The SMILES string of the molecule is CCC(C)(C)C(=O)N1CCc2ccc(CN(C)C)cc2C1C(=O)Nc1cc(C)c(O)c(C)c1C.Cl. The van der Waals surface area contributed by atoms with Crippen LogP contribution in [0.4, 0.5) is 5.69 Å². The highest BCUT2D eigenvalue weighted by Crippen LogP contribution is 2.37. The van der Waals surface area contributed by atoms with Gasteiger partial charge in [-0.25, -0.2) is 0 Å². The largest absolute Gasteiger partial charge is 0.507 e. The van der Waals surface area contributed by atoms with Crippen LogP contribution < -0.4 is 5.32 Å². The number of halogens is 1. The standard InChI is InChI=1S/C28H39N3O3.ClH/c1-9-28(5,6)27(34)31-13-12-21-11-10-20(16-30(7)8)15-22(21)24(31)26(33)29-23-14-17(2)25(32)19(4)18(23)3;/h10-11,14-15,24,32H,9,12-13,16H2,1-8H3,(H,29,33);1H. The van der Waals surface area contributed by atoms with Crippen molar-refractivity contribution in [1.82, 2.24) is 9.80 Å². The molecular formula is C28H40ClN3O3. The van der Waals surface area contributed by atoms with E-state index in [9.17, 15) is 14.7 Å². The number of hydrogen-bond acceptors (Lipinski definition) is 4. The smallest absolute Gasteiger partial charge is 0.251 e. The van der Waals surface area contributed by atoms with Crippen LogP contribution in [0.2, 0.25) is 0 Å². The second-order valence-corrected chi connectivity index (χ2v) is 10.5. The average Bonchev–Trinajstić information content (AvgIpc) is 2.79. The number of carbonyl (C=O) groups excluding carboxylic acids is 2. The van der Waals surface area contributed by atoms with Gasteiger partial charge in [-0.2, -0.15) is 0 Å². The van der Waals surface area contributed by atoms with Gasteiger partial charge >= 0.3 is 0 Å². The van der Waals surface area contributed by atoms with Crippen molar-refractivity contribution in [3.05, 3.63) is 57.6 Å². The van der Waals surface area contributed by atoms with Crippen LogP contribution in [0.1, 0.15) is 66.6 Å². The van der Waals surface area contributed by atoms with Gasteiger partial charge in [0.15, 0.2) is 0 Å². The monoisotopic (exact) mass is 501 g/mol. The first-order valence-electron chi connectivity index (χ1n) is 12.1. The molecule has 7 heteroatoms. The number of carbonyl (C=O) groups is 2. The minimum atomic E-state index is -0.710. The maximum absolute atomic E-state index is 13.9. The highest BCUT2D eigenvalue weighted by atomic mass is 35.5. The van der Waals surface area contributed by atoms with Crippen molar-refractivity contribution in [2.45, 2.75) is 67.0 Å². The Morgan fingerprint density at radius 3 is 2.40 bits per heavy atom. The molecule has 0 bridgehead atoms. The van der Waals surface area contributed by atoms with Crippen LogP contribution in [0.3, 0.4) is 0 Å². The number of amides is 2. The first-order chi connectivity index (χ1) is 15.9. The molecule has 0 saturated carbocycles. The lowest BCUT2D eigenvalue weighted by molar-refractivity contribution is -0.147. The van der Waals surface area contributed by atoms with Gasteiger partial charge in [0.05, 0.1) is 0 Å². The zero-order chi connectivity index (χ0) is 25.4. The predicted octanol–water partition coefficient (Wildman–Crippen LogP) is 5.30. The molecular weight excluding hydrogens is 462 g/mol. The van der Waals surface area contributed by atoms with Crippen LogP contribution in [-0.4, -0.2) is 47.4 Å². The van der Waals surface area contributed by atoms with E-state index in [2.05, 4.69) is 28.4 Å². The zero-order valence-electron chi connectivity index (χ0n) is 22.3. The van der Waals surface area contributed by atoms with Crippen molar-refractivity contribution in [2.75, 3.05) is 26.0 Å². The van der Waals surface area contributed by atoms with Gasteiger partial charge in [0.2, 0.25) is 5.91 Å². The van der Waals surface area contributed by atoms with Gasteiger partial charge in [-0.1, -0.05) is 39.0 Å². The average molecular weight is 502 g/mol. The number of phenolic OH excluding ortho intramolecular Hbond substituents is 1. The van der Waals surface area contributed by atoms with Gasteiger partial charge in [-0.15, -0.1) is 12.4 Å². The Labute approximate surface area is 216 Å². The second-order valence-electron chi connectivity index (χ2n) is 10.5. The number of rotatable bonds is 6. The Hall–Kier alpha value is -2.57. The van der Waals surface area contributed by atoms with E-state index in [0.29, 0.717) is 24.2 Å². The van der Waals surface area contributed by atoms with Crippen molar-refractivity contribution >= 4 is 29.9 Å². The maximum atomic E-state index is 13.9. The van der Waals surface area contributed by atoms with E-state index in [-0.39, 0.29) is 30.0 Å². The summed E-state index contributed by atoms with van der Waals surface area (Å²) in [5, 5.41) is 13.4. The number of aryl methyl sites for hydroxylation is 1. The summed E-state index contributed by atoms with van der Waals surface area (Å²) >= 11 is 0. The molecule has 0 spiro atoms. The molecule has 0 aliphatic carbocycles. The summed E-state index contributed by atoms with van der Waals surface area (Å²) in [6, 6.07) is 7.37. The number of hydrogen-bond donors (Lipinski definition) is 2. The first kappa shape index (κ1) is 28.7. The normalized spacial score (nSPS) is 15.5. The van der Waals surface area contributed by atoms with Gasteiger partial charge in [-0.05, 0) is 87.2 Å². The molecule has 2 aromatic carbocycles. The van der Waals surface area contributed by atoms with E-state index in [1.165, 1.54) is 0 Å². The number of phenols is 1. The van der Waals surface area contributed by atoms with Crippen molar-refractivity contribution < 1.29 is 14.7 Å². The lowest BCUT2D eigenvalue weighted by Gasteiger charge is -2.40. The number of anilines is 1. The Kier molecular flexibility index (Phi) is 9.01. The molecule has 1 aliphatic rings. The molecule has 1 heterocycles. The summed E-state index contributed by atoms with van der Waals surface area (Å²) < 4.78 is 0. The Balaban J connectivity index is 0.00000432. The van der Waals surface area contributed by atoms with Gasteiger partial charge in [0, 0.05) is 24.2 Å². The fourth-order valence-corrected chi connectivity index (χ4v) is 4.57. The fraction of sp³-hybridized carbons (Fsp3) is 0.500. The molecule has 3 rings (SSSR count). The number of nitrogens with one attached hydrogen (secondary N) is 1. The lowest BCUT2D eigenvalue weighted by Crippen LogP contribution is -2.49. The van der Waals surface area contributed by atoms with Crippen molar-refractivity contribution in [2.24, 2.45) is 5.41 Å². The topological polar surface area (TPSA) is 72.9 Å². The van der Waals surface area contributed by atoms with Gasteiger partial charge in [-0.3, -0.25) is 9.59 Å². The summed E-state index contributed by atoms with van der Waals surface area (Å²) in [6.07, 6.45) is 1.42. The molecule has 0 fully saturated rings. The van der Waals surface area contributed by atoms with E-state index in [0.717, 1.165) is 40.8 Å². The van der Waals surface area contributed by atoms with Gasteiger partial charge in [0.25, 0.3) is 5.91 Å². The second kappa shape index (κ2) is 11.0. The van der Waals surface area contributed by atoms with Crippen LogP contribution in [0.25, 0.3) is 0 Å². The van der Waals surface area contributed by atoms with Crippen LogP contribution in [-0.2, 0) is 22.6 Å². The maximum Gasteiger partial charge on any atom is 0.251 e. The minimum Gasteiger partial charge on any atom is -0.507 e. The molecule has 0 radical (unpaired) electrons. The molecule has 2 N–H and O–H groups in total. The Bertz CT molecular complexity index is 1110. The first-order valence-corrected chi connectivity index (χ1v) is 12.1. The van der Waals surface area contributed by atoms with Crippen molar-refractivity contribution in [3.63, 3.8) is 0 Å². The van der Waals surface area contributed by atoms with Crippen molar-refractivity contribution in [1.29, 1.82) is 0 Å². The van der Waals surface area contributed by atoms with E-state index in [4.69, 9.17) is 0 Å². The quantitative estimate of drug-likeness (QED) is 0.527. The van der Waals surface area contributed by atoms with E-state index >= 15 is 0 Å². The van der Waals surface area contributed by atoms with E-state index in [1.54, 1.807) is 11.0 Å². The lowest BCUT2D eigenvalue weighted by atomic mass is 9.84. The Morgan fingerprint density at radius 2 is 1.80 bits per heavy atom. The molecule has 6 nitrogen and oxygen atoms in total. The summed E-state index contributed by atoms with van der Waals surface area (Å²) in [7, 11) is 4.03. The molecule has 192 valence electrons. The zero-order valence-corrected chi connectivity index (χ0v) is 23.1. The van der Waals surface area contributed by atoms with Crippen LogP contribution >= 0.6 is 12.4 Å². The Morgan fingerprint density at radius 1 is 1.14 bits per heavy atom. The fourth-order valence-electron chi connectivity index (χ4n) is 4.57. The summed E-state index contributed by atoms with van der Waals surface area (Å²) in [6.45, 7) is 12.7. The van der Waals surface area contributed by atoms with E-state index in [1.807, 2.05) is 55.6 Å². The molecule has 0 saturated heterocycles. The highest BCUT2D eigenvalue weighted by Gasteiger charge is 2.41. The molecule has 35 heavy (non-hydrogen) atoms.